The minimum absolute atomic E-state index is 0.132. The first-order chi connectivity index (χ1) is 13.9. The second-order valence-electron chi connectivity index (χ2n) is 6.72. The summed E-state index contributed by atoms with van der Waals surface area (Å²) < 4.78 is 37.8. The third-order valence-electron chi connectivity index (χ3n) is 4.96. The molecule has 0 bridgehead atoms. The van der Waals surface area contributed by atoms with Gasteiger partial charge in [-0.25, -0.2) is 13.1 Å². The maximum Gasteiger partial charge on any atom is 0.240 e. The van der Waals surface area contributed by atoms with E-state index in [1.165, 1.54) is 24.9 Å². The Kier molecular flexibility index (Phi) is 7.23. The Labute approximate surface area is 177 Å². The van der Waals surface area contributed by atoms with Gasteiger partial charge in [-0.05, 0) is 42.5 Å². The van der Waals surface area contributed by atoms with Crippen LogP contribution in [0.5, 0.6) is 11.5 Å². The summed E-state index contributed by atoms with van der Waals surface area (Å²) in [6.07, 6.45) is 0. The van der Waals surface area contributed by atoms with Gasteiger partial charge in [-0.2, -0.15) is 0 Å². The maximum atomic E-state index is 12.5. The summed E-state index contributed by atoms with van der Waals surface area (Å²) in [4.78, 5) is 4.70. The Morgan fingerprint density at radius 2 is 1.69 bits per heavy atom. The SMILES string of the molecule is COc1ccc(N2CCN(CCNS(=O)(=O)c3ccc(OC)c(Cl)c3)CC2)cc1. The topological polar surface area (TPSA) is 71.1 Å². The Balaban J connectivity index is 1.47. The fourth-order valence-corrected chi connectivity index (χ4v) is 4.63. The number of sulfonamides is 1. The number of nitrogens with one attached hydrogen (secondary N) is 1. The van der Waals surface area contributed by atoms with Crippen LogP contribution in [0, 0.1) is 0 Å². The van der Waals surface area contributed by atoms with E-state index < -0.39 is 10.0 Å². The van der Waals surface area contributed by atoms with Crippen LogP contribution in [0.2, 0.25) is 5.02 Å². The monoisotopic (exact) mass is 439 g/mol. The number of hydrogen-bond donors (Lipinski definition) is 1. The van der Waals surface area contributed by atoms with Crippen molar-refractivity contribution in [3.8, 4) is 11.5 Å². The molecule has 0 amide bonds. The van der Waals surface area contributed by atoms with E-state index >= 15 is 0 Å². The predicted octanol–water partition coefficient (Wildman–Crippen LogP) is 2.46. The quantitative estimate of drug-likeness (QED) is 0.681. The highest BCUT2D eigenvalue weighted by atomic mass is 35.5. The van der Waals surface area contributed by atoms with Gasteiger partial charge in [0.2, 0.25) is 10.0 Å². The van der Waals surface area contributed by atoms with Crippen molar-refractivity contribution < 1.29 is 17.9 Å². The van der Waals surface area contributed by atoms with E-state index in [4.69, 9.17) is 21.1 Å². The smallest absolute Gasteiger partial charge is 0.240 e. The van der Waals surface area contributed by atoms with Crippen molar-refractivity contribution in [2.24, 2.45) is 0 Å². The van der Waals surface area contributed by atoms with E-state index in [-0.39, 0.29) is 9.92 Å². The first kappa shape index (κ1) is 21.7. The number of methoxy groups -OCH3 is 2. The Hall–Kier alpha value is -2.00. The molecule has 1 aliphatic rings. The van der Waals surface area contributed by atoms with Gasteiger partial charge < -0.3 is 14.4 Å². The molecule has 0 saturated carbocycles. The number of nitrogens with zero attached hydrogens (tertiary/aromatic N) is 2. The summed E-state index contributed by atoms with van der Waals surface area (Å²) in [5.41, 5.74) is 1.17. The van der Waals surface area contributed by atoms with Crippen molar-refractivity contribution >= 4 is 27.3 Å². The molecule has 2 aromatic rings. The molecule has 2 aromatic carbocycles. The Bertz CT molecular complexity index is 914. The van der Waals surface area contributed by atoms with E-state index in [0.29, 0.717) is 18.8 Å². The normalized spacial score (nSPS) is 15.3. The van der Waals surface area contributed by atoms with Crippen molar-refractivity contribution in [2.45, 2.75) is 4.90 Å². The molecule has 1 fully saturated rings. The second-order valence-corrected chi connectivity index (χ2v) is 8.89. The van der Waals surface area contributed by atoms with Gasteiger partial charge in [0.05, 0.1) is 24.1 Å². The minimum Gasteiger partial charge on any atom is -0.497 e. The molecule has 29 heavy (non-hydrogen) atoms. The van der Waals surface area contributed by atoms with Gasteiger partial charge in [-0.3, -0.25) is 4.90 Å². The van der Waals surface area contributed by atoms with Gasteiger partial charge in [0.25, 0.3) is 0 Å². The third kappa shape index (κ3) is 5.54. The number of halogens is 1. The van der Waals surface area contributed by atoms with Gasteiger partial charge in [0.1, 0.15) is 11.5 Å². The van der Waals surface area contributed by atoms with Gasteiger partial charge in [0.15, 0.2) is 0 Å². The van der Waals surface area contributed by atoms with Crippen LogP contribution in [0.4, 0.5) is 5.69 Å². The Morgan fingerprint density at radius 1 is 1.00 bits per heavy atom. The van der Waals surface area contributed by atoms with Gasteiger partial charge >= 0.3 is 0 Å². The summed E-state index contributed by atoms with van der Waals surface area (Å²) in [7, 11) is -0.462. The molecule has 3 rings (SSSR count). The summed E-state index contributed by atoms with van der Waals surface area (Å²) in [6, 6.07) is 12.5. The fraction of sp³-hybridized carbons (Fsp3) is 0.400. The number of anilines is 1. The highest BCUT2D eigenvalue weighted by molar-refractivity contribution is 7.89. The summed E-state index contributed by atoms with van der Waals surface area (Å²) in [6.45, 7) is 4.54. The molecule has 1 saturated heterocycles. The zero-order valence-electron chi connectivity index (χ0n) is 16.6. The molecule has 7 nitrogen and oxygen atoms in total. The summed E-state index contributed by atoms with van der Waals surface area (Å²) in [5.74, 6) is 1.29. The van der Waals surface area contributed by atoms with E-state index in [2.05, 4.69) is 26.7 Å². The first-order valence-electron chi connectivity index (χ1n) is 9.37. The minimum atomic E-state index is -3.61. The van der Waals surface area contributed by atoms with Crippen molar-refractivity contribution in [1.82, 2.24) is 9.62 Å². The number of ether oxygens (including phenoxy) is 2. The van der Waals surface area contributed by atoms with E-state index in [9.17, 15) is 8.42 Å². The third-order valence-corrected chi connectivity index (χ3v) is 6.72. The van der Waals surface area contributed by atoms with Crippen LogP contribution >= 0.6 is 11.6 Å². The highest BCUT2D eigenvalue weighted by Gasteiger charge is 2.19. The lowest BCUT2D eigenvalue weighted by molar-refractivity contribution is 0.262. The molecule has 0 unspecified atom stereocenters. The molecule has 1 aliphatic heterocycles. The number of piperazine rings is 1. The molecule has 0 radical (unpaired) electrons. The van der Waals surface area contributed by atoms with Crippen LogP contribution in [-0.4, -0.2) is 66.8 Å². The van der Waals surface area contributed by atoms with Crippen molar-refractivity contribution in [3.05, 3.63) is 47.5 Å². The zero-order valence-corrected chi connectivity index (χ0v) is 18.2. The molecule has 158 valence electrons. The largest absolute Gasteiger partial charge is 0.497 e. The van der Waals surface area contributed by atoms with Crippen LogP contribution in [0.1, 0.15) is 0 Å². The predicted molar refractivity (Wildman–Crippen MR) is 115 cm³/mol. The average Bonchev–Trinajstić information content (AvgIpc) is 2.74. The number of rotatable bonds is 8. The van der Waals surface area contributed by atoms with Crippen molar-refractivity contribution in [2.75, 3.05) is 58.4 Å². The average molecular weight is 440 g/mol. The molecular weight excluding hydrogens is 414 g/mol. The lowest BCUT2D eigenvalue weighted by Crippen LogP contribution is -2.48. The summed E-state index contributed by atoms with van der Waals surface area (Å²) >= 11 is 6.04. The van der Waals surface area contributed by atoms with Crippen LogP contribution < -0.4 is 19.1 Å². The van der Waals surface area contributed by atoms with Crippen molar-refractivity contribution in [3.63, 3.8) is 0 Å². The molecule has 1 N–H and O–H groups in total. The van der Waals surface area contributed by atoms with E-state index in [1.807, 2.05) is 12.1 Å². The lowest BCUT2D eigenvalue weighted by Gasteiger charge is -2.36. The van der Waals surface area contributed by atoms with Gasteiger partial charge in [0, 0.05) is 45.0 Å². The number of hydrogen-bond acceptors (Lipinski definition) is 6. The van der Waals surface area contributed by atoms with E-state index in [0.717, 1.165) is 31.9 Å². The van der Waals surface area contributed by atoms with Crippen LogP contribution in [0.15, 0.2) is 47.4 Å². The second kappa shape index (κ2) is 9.67. The standard InChI is InChI=1S/C20H26ClN3O4S/c1-27-17-5-3-16(4-6-17)24-13-11-23(12-14-24)10-9-22-29(25,26)18-7-8-20(28-2)19(21)15-18/h3-8,15,22H,9-14H2,1-2H3. The first-order valence-corrected chi connectivity index (χ1v) is 11.2. The molecule has 1 heterocycles. The van der Waals surface area contributed by atoms with E-state index in [1.54, 1.807) is 13.2 Å². The molecule has 0 atom stereocenters. The van der Waals surface area contributed by atoms with Gasteiger partial charge in [-0.1, -0.05) is 11.6 Å². The molecular formula is C20H26ClN3O4S. The van der Waals surface area contributed by atoms with Crippen LogP contribution in [-0.2, 0) is 10.0 Å². The maximum absolute atomic E-state index is 12.5. The molecule has 0 spiro atoms. The van der Waals surface area contributed by atoms with Crippen LogP contribution in [0.3, 0.4) is 0 Å². The van der Waals surface area contributed by atoms with Crippen LogP contribution in [0.25, 0.3) is 0 Å². The fourth-order valence-electron chi connectivity index (χ4n) is 3.26. The Morgan fingerprint density at radius 3 is 2.28 bits per heavy atom. The van der Waals surface area contributed by atoms with Gasteiger partial charge in [-0.15, -0.1) is 0 Å². The number of benzene rings is 2. The van der Waals surface area contributed by atoms with Crippen molar-refractivity contribution in [1.29, 1.82) is 0 Å². The summed E-state index contributed by atoms with van der Waals surface area (Å²) in [5, 5.41) is 0.269. The molecule has 0 aromatic heterocycles. The molecule has 9 heteroatoms. The molecule has 0 aliphatic carbocycles. The highest BCUT2D eigenvalue weighted by Crippen LogP contribution is 2.26. The lowest BCUT2D eigenvalue weighted by atomic mass is 10.2. The zero-order chi connectivity index (χ0) is 20.9.